The topological polar surface area (TPSA) is 89.3 Å². The minimum atomic E-state index is -4.76. The number of hydrogen-bond acceptors (Lipinski definition) is 6. The van der Waals surface area contributed by atoms with E-state index in [1.165, 1.54) is 12.1 Å². The first-order valence-corrected chi connectivity index (χ1v) is 7.94. The van der Waals surface area contributed by atoms with E-state index in [4.69, 9.17) is 12.2 Å². The van der Waals surface area contributed by atoms with Gasteiger partial charge in [0.25, 0.3) is 0 Å². The van der Waals surface area contributed by atoms with Gasteiger partial charge < -0.3 is 21.1 Å². The van der Waals surface area contributed by atoms with E-state index < -0.39 is 6.36 Å². The van der Waals surface area contributed by atoms with E-state index in [2.05, 4.69) is 26.3 Å². The van der Waals surface area contributed by atoms with Gasteiger partial charge in [0.15, 0.2) is 5.13 Å². The molecule has 0 bridgehead atoms. The fraction of sp³-hybridized carbons (Fsp3) is 0.333. The second-order valence-corrected chi connectivity index (χ2v) is 6.07. The number of terminal acetylenes is 1. The molecule has 1 atom stereocenters. The molecule has 0 spiro atoms. The number of carbonyl (C=O) groups is 1. The largest absolute Gasteiger partial charge is 0.573 e. The molecule has 25 heavy (non-hydrogen) atoms. The predicted molar refractivity (Wildman–Crippen MR) is 89.2 cm³/mol. The van der Waals surface area contributed by atoms with Crippen LogP contribution >= 0.6 is 11.3 Å². The highest BCUT2D eigenvalue weighted by molar-refractivity contribution is 7.22. The fourth-order valence-electron chi connectivity index (χ4n) is 1.91. The lowest BCUT2D eigenvalue weighted by molar-refractivity contribution is -0.274. The van der Waals surface area contributed by atoms with E-state index >= 15 is 0 Å². The molecule has 6 nitrogen and oxygen atoms in total. The van der Waals surface area contributed by atoms with Gasteiger partial charge in [-0.05, 0) is 12.1 Å². The SMILES string of the molecule is C#CCC(N)CNCC(=O)Nc1nc2ccc(OC(F)(F)F)cc2s1. The molecule has 1 amide bonds. The van der Waals surface area contributed by atoms with Crippen LogP contribution in [0.25, 0.3) is 10.2 Å². The summed E-state index contributed by atoms with van der Waals surface area (Å²) in [5.41, 5.74) is 6.15. The Labute approximate surface area is 145 Å². The van der Waals surface area contributed by atoms with E-state index in [0.29, 0.717) is 23.2 Å². The molecule has 0 saturated heterocycles. The van der Waals surface area contributed by atoms with E-state index in [9.17, 15) is 18.0 Å². The van der Waals surface area contributed by atoms with Gasteiger partial charge in [-0.2, -0.15) is 0 Å². The number of carbonyl (C=O) groups excluding carboxylic acids is 1. The third kappa shape index (κ3) is 6.22. The first-order chi connectivity index (χ1) is 11.8. The van der Waals surface area contributed by atoms with Crippen molar-refractivity contribution in [2.24, 2.45) is 5.73 Å². The molecule has 134 valence electrons. The lowest BCUT2D eigenvalue weighted by atomic mass is 10.2. The van der Waals surface area contributed by atoms with Crippen LogP contribution in [0, 0.1) is 12.3 Å². The molecule has 1 unspecified atom stereocenters. The maximum atomic E-state index is 12.2. The van der Waals surface area contributed by atoms with Crippen molar-refractivity contribution in [1.29, 1.82) is 0 Å². The average molecular weight is 372 g/mol. The normalized spacial score (nSPS) is 12.6. The lowest BCUT2D eigenvalue weighted by Crippen LogP contribution is -2.37. The Morgan fingerprint density at radius 2 is 2.24 bits per heavy atom. The van der Waals surface area contributed by atoms with Gasteiger partial charge in [0, 0.05) is 25.1 Å². The molecule has 0 aliphatic rings. The van der Waals surface area contributed by atoms with Gasteiger partial charge >= 0.3 is 6.36 Å². The van der Waals surface area contributed by atoms with Crippen molar-refractivity contribution in [1.82, 2.24) is 10.3 Å². The van der Waals surface area contributed by atoms with Crippen molar-refractivity contribution < 1.29 is 22.7 Å². The Bertz CT molecular complexity index is 785. The number of ether oxygens (including phenoxy) is 1. The van der Waals surface area contributed by atoms with Crippen molar-refractivity contribution in [2.75, 3.05) is 18.4 Å². The van der Waals surface area contributed by atoms with E-state index in [-0.39, 0.29) is 29.4 Å². The fourth-order valence-corrected chi connectivity index (χ4v) is 2.82. The number of thiazole rings is 1. The Balaban J connectivity index is 1.93. The standard InChI is InChI=1S/C15H15F3N4O2S/c1-2-3-9(19)7-20-8-13(23)22-14-21-11-5-4-10(6-12(11)25-14)24-15(16,17)18/h1,4-6,9,20H,3,7-8,19H2,(H,21,22,23). The number of nitrogens with two attached hydrogens (primary N) is 1. The third-order valence-electron chi connectivity index (χ3n) is 2.91. The van der Waals surface area contributed by atoms with Gasteiger partial charge in [-0.15, -0.1) is 25.5 Å². The summed E-state index contributed by atoms with van der Waals surface area (Å²) in [6.45, 7) is 0.395. The minimum Gasteiger partial charge on any atom is -0.406 e. The Morgan fingerprint density at radius 3 is 2.92 bits per heavy atom. The number of rotatable bonds is 7. The summed E-state index contributed by atoms with van der Waals surface area (Å²) in [5, 5.41) is 5.70. The first kappa shape index (κ1) is 19.0. The molecule has 1 heterocycles. The average Bonchev–Trinajstić information content (AvgIpc) is 2.87. The van der Waals surface area contributed by atoms with Crippen LogP contribution < -0.4 is 21.1 Å². The van der Waals surface area contributed by atoms with Gasteiger partial charge in [-0.1, -0.05) is 11.3 Å². The summed E-state index contributed by atoms with van der Waals surface area (Å²) in [7, 11) is 0. The molecule has 2 rings (SSSR count). The number of aromatic nitrogens is 1. The number of nitrogens with zero attached hydrogens (tertiary/aromatic N) is 1. The molecule has 10 heteroatoms. The zero-order chi connectivity index (χ0) is 18.4. The highest BCUT2D eigenvalue weighted by Gasteiger charge is 2.31. The van der Waals surface area contributed by atoms with E-state index in [0.717, 1.165) is 17.4 Å². The van der Waals surface area contributed by atoms with Crippen LogP contribution in [0.1, 0.15) is 6.42 Å². The highest BCUT2D eigenvalue weighted by atomic mass is 32.1. The number of alkyl halides is 3. The highest BCUT2D eigenvalue weighted by Crippen LogP contribution is 2.31. The van der Waals surface area contributed by atoms with Crippen LogP contribution in [-0.4, -0.2) is 36.4 Å². The molecular weight excluding hydrogens is 357 g/mol. The van der Waals surface area contributed by atoms with Crippen LogP contribution in [0.15, 0.2) is 18.2 Å². The van der Waals surface area contributed by atoms with Gasteiger partial charge in [-0.3, -0.25) is 4.79 Å². The van der Waals surface area contributed by atoms with Gasteiger partial charge in [0.2, 0.25) is 5.91 Å². The molecule has 0 radical (unpaired) electrons. The lowest BCUT2D eigenvalue weighted by Gasteiger charge is -2.09. The molecule has 0 fully saturated rings. The summed E-state index contributed by atoms with van der Waals surface area (Å²) >= 11 is 1.04. The first-order valence-electron chi connectivity index (χ1n) is 7.13. The van der Waals surface area contributed by atoms with Crippen molar-refractivity contribution in [2.45, 2.75) is 18.8 Å². The van der Waals surface area contributed by atoms with Crippen LogP contribution in [0.2, 0.25) is 0 Å². The van der Waals surface area contributed by atoms with Crippen LogP contribution in [-0.2, 0) is 4.79 Å². The number of benzene rings is 1. The summed E-state index contributed by atoms with van der Waals surface area (Å²) < 4.78 is 41.0. The molecule has 0 saturated carbocycles. The molecule has 2 aromatic rings. The van der Waals surface area contributed by atoms with Crippen molar-refractivity contribution in [3.63, 3.8) is 0 Å². The number of fused-ring (bicyclic) bond motifs is 1. The number of nitrogens with one attached hydrogen (secondary N) is 2. The Morgan fingerprint density at radius 1 is 1.48 bits per heavy atom. The third-order valence-corrected chi connectivity index (χ3v) is 3.85. The van der Waals surface area contributed by atoms with Crippen molar-refractivity contribution in [3.8, 4) is 18.1 Å². The van der Waals surface area contributed by atoms with Crippen LogP contribution in [0.4, 0.5) is 18.3 Å². The molecule has 0 aliphatic carbocycles. The Kier molecular flexibility index (Phi) is 6.19. The number of anilines is 1. The van der Waals surface area contributed by atoms with Gasteiger partial charge in [0.1, 0.15) is 5.75 Å². The van der Waals surface area contributed by atoms with E-state index in [1.807, 2.05) is 0 Å². The summed E-state index contributed by atoms with van der Waals surface area (Å²) in [5.74, 6) is 1.73. The van der Waals surface area contributed by atoms with Crippen molar-refractivity contribution >= 4 is 32.6 Å². The molecular formula is C15H15F3N4O2S. The number of halogens is 3. The zero-order valence-corrected chi connectivity index (χ0v) is 13.7. The molecule has 1 aromatic heterocycles. The maximum Gasteiger partial charge on any atom is 0.573 e. The maximum absolute atomic E-state index is 12.2. The predicted octanol–water partition coefficient (Wildman–Crippen LogP) is 2.07. The minimum absolute atomic E-state index is 0.0105. The molecule has 4 N–H and O–H groups in total. The zero-order valence-electron chi connectivity index (χ0n) is 12.9. The molecule has 0 aliphatic heterocycles. The van der Waals surface area contributed by atoms with Crippen LogP contribution in [0.3, 0.4) is 0 Å². The smallest absolute Gasteiger partial charge is 0.406 e. The molecule has 1 aromatic carbocycles. The van der Waals surface area contributed by atoms with E-state index in [1.54, 1.807) is 0 Å². The number of hydrogen-bond donors (Lipinski definition) is 3. The number of amides is 1. The summed E-state index contributed by atoms with van der Waals surface area (Å²) in [6.07, 6.45) is 0.764. The second-order valence-electron chi connectivity index (χ2n) is 5.04. The van der Waals surface area contributed by atoms with Crippen molar-refractivity contribution in [3.05, 3.63) is 18.2 Å². The summed E-state index contributed by atoms with van der Waals surface area (Å²) in [4.78, 5) is 16.0. The quantitative estimate of drug-likeness (QED) is 0.648. The monoisotopic (exact) mass is 372 g/mol. The van der Waals surface area contributed by atoms with Crippen LogP contribution in [0.5, 0.6) is 5.75 Å². The Hall–Kier alpha value is -2.35. The summed E-state index contributed by atoms with van der Waals surface area (Å²) in [6, 6.07) is 3.52. The second kappa shape index (κ2) is 8.15. The van der Waals surface area contributed by atoms with Gasteiger partial charge in [0.05, 0.1) is 16.8 Å². The van der Waals surface area contributed by atoms with Gasteiger partial charge in [-0.25, -0.2) is 4.98 Å².